The van der Waals surface area contributed by atoms with Crippen LogP contribution in [0, 0.1) is 12.7 Å². The van der Waals surface area contributed by atoms with Crippen LogP contribution in [0.15, 0.2) is 18.2 Å². The Morgan fingerprint density at radius 3 is 2.73 bits per heavy atom. The van der Waals surface area contributed by atoms with Gasteiger partial charge in [-0.05, 0) is 25.5 Å². The summed E-state index contributed by atoms with van der Waals surface area (Å²) in [6.07, 6.45) is 0. The van der Waals surface area contributed by atoms with E-state index >= 15 is 0 Å². The summed E-state index contributed by atoms with van der Waals surface area (Å²) in [7, 11) is 1.30. The van der Waals surface area contributed by atoms with Crippen molar-refractivity contribution in [1.82, 2.24) is 0 Å². The van der Waals surface area contributed by atoms with Gasteiger partial charge in [-0.2, -0.15) is 0 Å². The van der Waals surface area contributed by atoms with Crippen LogP contribution in [0.5, 0.6) is 0 Å². The molecular formula is C11H14FNO2. The zero-order valence-electron chi connectivity index (χ0n) is 9.00. The van der Waals surface area contributed by atoms with E-state index in [0.29, 0.717) is 5.69 Å². The maximum absolute atomic E-state index is 13.4. The second kappa shape index (κ2) is 4.77. The Hall–Kier alpha value is -1.58. The summed E-state index contributed by atoms with van der Waals surface area (Å²) >= 11 is 0. The van der Waals surface area contributed by atoms with Crippen molar-refractivity contribution in [2.75, 3.05) is 12.4 Å². The molecule has 1 aromatic carbocycles. The maximum Gasteiger partial charge on any atom is 0.327 e. The van der Waals surface area contributed by atoms with Crippen LogP contribution in [0.1, 0.15) is 12.5 Å². The number of hydrogen-bond donors (Lipinski definition) is 1. The number of nitrogens with one attached hydrogen (secondary N) is 1. The normalized spacial score (nSPS) is 12.0. The van der Waals surface area contributed by atoms with Gasteiger partial charge >= 0.3 is 5.97 Å². The van der Waals surface area contributed by atoms with Gasteiger partial charge in [0.15, 0.2) is 0 Å². The lowest BCUT2D eigenvalue weighted by Crippen LogP contribution is -2.27. The van der Waals surface area contributed by atoms with E-state index in [1.165, 1.54) is 13.2 Å². The first-order valence-electron chi connectivity index (χ1n) is 4.65. The van der Waals surface area contributed by atoms with Gasteiger partial charge in [-0.15, -0.1) is 0 Å². The number of carbonyl (C=O) groups is 1. The van der Waals surface area contributed by atoms with Crippen LogP contribution in [-0.4, -0.2) is 19.1 Å². The largest absolute Gasteiger partial charge is 0.467 e. The topological polar surface area (TPSA) is 38.3 Å². The molecule has 0 saturated carbocycles. The average Bonchev–Trinajstić information content (AvgIpc) is 2.22. The molecule has 1 rings (SSSR count). The van der Waals surface area contributed by atoms with Gasteiger partial charge in [0.2, 0.25) is 0 Å². The molecule has 0 fully saturated rings. The number of esters is 1. The molecule has 0 bridgehead atoms. The van der Waals surface area contributed by atoms with Gasteiger partial charge in [0.05, 0.1) is 12.8 Å². The fraction of sp³-hybridized carbons (Fsp3) is 0.364. The molecule has 0 aliphatic carbocycles. The number of aryl methyl sites for hydroxylation is 1. The Bertz CT molecular complexity index is 345. The van der Waals surface area contributed by atoms with Crippen LogP contribution in [0.4, 0.5) is 10.1 Å². The molecule has 1 atom stereocenters. The number of rotatable bonds is 3. The minimum atomic E-state index is -0.564. The van der Waals surface area contributed by atoms with Gasteiger partial charge < -0.3 is 10.1 Å². The maximum atomic E-state index is 13.4. The summed E-state index contributed by atoms with van der Waals surface area (Å²) < 4.78 is 17.9. The first kappa shape index (κ1) is 11.5. The highest BCUT2D eigenvalue weighted by Gasteiger charge is 2.15. The number of anilines is 1. The smallest absolute Gasteiger partial charge is 0.327 e. The third-order valence-corrected chi connectivity index (χ3v) is 2.14. The number of methoxy groups -OCH3 is 1. The van der Waals surface area contributed by atoms with Crippen LogP contribution in [0.3, 0.4) is 0 Å². The van der Waals surface area contributed by atoms with Crippen molar-refractivity contribution in [2.24, 2.45) is 0 Å². The third kappa shape index (κ3) is 2.68. The summed E-state index contributed by atoms with van der Waals surface area (Å²) in [5.41, 5.74) is 1.10. The minimum absolute atomic E-state index is 0.343. The molecule has 3 nitrogen and oxygen atoms in total. The van der Waals surface area contributed by atoms with E-state index in [1.807, 2.05) is 0 Å². The van der Waals surface area contributed by atoms with Crippen molar-refractivity contribution in [2.45, 2.75) is 19.9 Å². The summed E-state index contributed by atoms with van der Waals surface area (Å²) in [6, 6.07) is 4.18. The van der Waals surface area contributed by atoms with Crippen molar-refractivity contribution in [3.63, 3.8) is 0 Å². The van der Waals surface area contributed by atoms with Crippen LogP contribution in [-0.2, 0) is 9.53 Å². The second-order valence-electron chi connectivity index (χ2n) is 3.32. The highest BCUT2D eigenvalue weighted by molar-refractivity contribution is 5.79. The zero-order valence-corrected chi connectivity index (χ0v) is 9.00. The van der Waals surface area contributed by atoms with Crippen LogP contribution < -0.4 is 5.32 Å². The highest BCUT2D eigenvalue weighted by Crippen LogP contribution is 2.19. The Balaban J connectivity index is 2.85. The molecule has 0 aliphatic rings. The number of para-hydroxylation sites is 1. The molecule has 0 spiro atoms. The number of benzene rings is 1. The van der Waals surface area contributed by atoms with E-state index in [2.05, 4.69) is 10.1 Å². The lowest BCUT2D eigenvalue weighted by molar-refractivity contribution is -0.141. The van der Waals surface area contributed by atoms with E-state index in [4.69, 9.17) is 0 Å². The first-order chi connectivity index (χ1) is 7.06. The van der Waals surface area contributed by atoms with Gasteiger partial charge in [-0.3, -0.25) is 0 Å². The number of carbonyl (C=O) groups excluding carboxylic acids is 1. The van der Waals surface area contributed by atoms with Gasteiger partial charge in [0.1, 0.15) is 11.9 Å². The monoisotopic (exact) mass is 211 g/mol. The van der Waals surface area contributed by atoms with E-state index in [9.17, 15) is 9.18 Å². The zero-order chi connectivity index (χ0) is 11.4. The Morgan fingerprint density at radius 2 is 2.20 bits per heavy atom. The molecule has 0 saturated heterocycles. The van der Waals surface area contributed by atoms with E-state index in [1.54, 1.807) is 26.0 Å². The number of ether oxygens (including phenoxy) is 1. The summed E-state index contributed by atoms with van der Waals surface area (Å²) in [4.78, 5) is 11.1. The predicted octanol–water partition coefficient (Wildman–Crippen LogP) is 2.11. The van der Waals surface area contributed by atoms with Gasteiger partial charge in [0.25, 0.3) is 0 Å². The Kier molecular flexibility index (Phi) is 3.66. The molecule has 0 radical (unpaired) electrons. The summed E-state index contributed by atoms with van der Waals surface area (Å²) in [5.74, 6) is -0.789. The van der Waals surface area contributed by atoms with Gasteiger partial charge in [-0.1, -0.05) is 12.1 Å². The Morgan fingerprint density at radius 1 is 1.53 bits per heavy atom. The highest BCUT2D eigenvalue weighted by atomic mass is 19.1. The third-order valence-electron chi connectivity index (χ3n) is 2.14. The molecule has 0 aliphatic heterocycles. The standard InChI is InChI=1S/C11H14FNO2/c1-7-5-4-6-9(12)10(7)13-8(2)11(14)15-3/h4-6,8,13H,1-3H3. The van der Waals surface area contributed by atoms with Crippen molar-refractivity contribution in [3.05, 3.63) is 29.6 Å². The molecule has 1 aromatic rings. The molecular weight excluding hydrogens is 197 g/mol. The molecule has 0 aromatic heterocycles. The quantitative estimate of drug-likeness (QED) is 0.778. The number of halogens is 1. The van der Waals surface area contributed by atoms with E-state index in [0.717, 1.165) is 5.56 Å². The molecule has 0 amide bonds. The molecule has 15 heavy (non-hydrogen) atoms. The second-order valence-corrected chi connectivity index (χ2v) is 3.32. The first-order valence-corrected chi connectivity index (χ1v) is 4.65. The predicted molar refractivity (Wildman–Crippen MR) is 56.2 cm³/mol. The average molecular weight is 211 g/mol. The minimum Gasteiger partial charge on any atom is -0.467 e. The van der Waals surface area contributed by atoms with Gasteiger partial charge in [0, 0.05) is 0 Å². The lowest BCUT2D eigenvalue weighted by Gasteiger charge is -2.15. The Labute approximate surface area is 88.2 Å². The summed E-state index contributed by atoms with van der Waals surface area (Å²) in [6.45, 7) is 3.40. The van der Waals surface area contributed by atoms with E-state index in [-0.39, 0.29) is 5.82 Å². The number of hydrogen-bond acceptors (Lipinski definition) is 3. The van der Waals surface area contributed by atoms with Crippen molar-refractivity contribution >= 4 is 11.7 Å². The van der Waals surface area contributed by atoms with E-state index < -0.39 is 12.0 Å². The molecule has 1 unspecified atom stereocenters. The fourth-order valence-corrected chi connectivity index (χ4v) is 1.27. The molecule has 4 heteroatoms. The SMILES string of the molecule is COC(=O)C(C)Nc1c(C)cccc1F. The molecule has 1 N–H and O–H groups in total. The van der Waals surface area contributed by atoms with Gasteiger partial charge in [-0.25, -0.2) is 9.18 Å². The molecule has 82 valence electrons. The fourth-order valence-electron chi connectivity index (χ4n) is 1.27. The lowest BCUT2D eigenvalue weighted by atomic mass is 10.1. The summed E-state index contributed by atoms with van der Waals surface area (Å²) in [5, 5.41) is 2.78. The van der Waals surface area contributed by atoms with Crippen molar-refractivity contribution in [1.29, 1.82) is 0 Å². The van der Waals surface area contributed by atoms with Crippen LogP contribution in [0.25, 0.3) is 0 Å². The molecule has 0 heterocycles. The van der Waals surface area contributed by atoms with Crippen LogP contribution >= 0.6 is 0 Å². The van der Waals surface area contributed by atoms with Crippen molar-refractivity contribution < 1.29 is 13.9 Å². The van der Waals surface area contributed by atoms with Crippen LogP contribution in [0.2, 0.25) is 0 Å². The van der Waals surface area contributed by atoms with Crippen molar-refractivity contribution in [3.8, 4) is 0 Å².